The summed E-state index contributed by atoms with van der Waals surface area (Å²) in [4.78, 5) is 19.0. The number of benzene rings is 1. The van der Waals surface area contributed by atoms with E-state index in [-0.39, 0.29) is 5.92 Å². The molecule has 0 aromatic heterocycles. The Hall–Kier alpha value is -1.04. The molecule has 2 atom stereocenters. The van der Waals surface area contributed by atoms with Crippen LogP contribution in [0.1, 0.15) is 24.3 Å². The molecule has 4 nitrogen and oxygen atoms in total. The van der Waals surface area contributed by atoms with Crippen LogP contribution in [0.15, 0.2) is 29.2 Å². The van der Waals surface area contributed by atoms with E-state index < -0.39 is 0 Å². The maximum absolute atomic E-state index is 13.1. The predicted octanol–water partition coefficient (Wildman–Crippen LogP) is 2.20. The molecule has 1 aromatic rings. The quantitative estimate of drug-likeness (QED) is 0.849. The van der Waals surface area contributed by atoms with Crippen LogP contribution in [0.2, 0.25) is 0 Å². The van der Waals surface area contributed by atoms with Gasteiger partial charge in [0, 0.05) is 42.9 Å². The van der Waals surface area contributed by atoms with Crippen molar-refractivity contribution in [3.8, 4) is 0 Å². The van der Waals surface area contributed by atoms with Crippen molar-refractivity contribution < 1.29 is 9.53 Å². The number of ether oxygens (including phenoxy) is 1. The predicted molar refractivity (Wildman–Crippen MR) is 91.9 cm³/mol. The molecule has 3 aliphatic heterocycles. The van der Waals surface area contributed by atoms with E-state index in [0.717, 1.165) is 58.0 Å². The number of morpholine rings is 1. The van der Waals surface area contributed by atoms with Crippen LogP contribution in [-0.2, 0) is 9.53 Å². The fourth-order valence-electron chi connectivity index (χ4n) is 3.96. The Balaban J connectivity index is 1.45. The maximum atomic E-state index is 13.1. The highest BCUT2D eigenvalue weighted by Crippen LogP contribution is 2.41. The molecule has 2 saturated heterocycles. The van der Waals surface area contributed by atoms with Crippen LogP contribution in [0.25, 0.3) is 0 Å². The number of carbonyl (C=O) groups is 1. The lowest BCUT2D eigenvalue weighted by molar-refractivity contribution is -0.133. The fraction of sp³-hybridized carbons (Fsp3) is 0.611. The molecule has 0 radical (unpaired) electrons. The van der Waals surface area contributed by atoms with E-state index in [1.807, 2.05) is 11.8 Å². The van der Waals surface area contributed by atoms with Gasteiger partial charge in [-0.3, -0.25) is 9.69 Å². The van der Waals surface area contributed by atoms with Crippen molar-refractivity contribution in [3.63, 3.8) is 0 Å². The molecule has 2 fully saturated rings. The highest BCUT2D eigenvalue weighted by molar-refractivity contribution is 7.99. The number of fused-ring (bicyclic) bond motifs is 1. The normalized spacial score (nSPS) is 28.1. The van der Waals surface area contributed by atoms with E-state index in [1.54, 1.807) is 0 Å². The van der Waals surface area contributed by atoms with E-state index >= 15 is 0 Å². The minimum atomic E-state index is 0.0569. The summed E-state index contributed by atoms with van der Waals surface area (Å²) in [7, 11) is 0. The monoisotopic (exact) mass is 332 g/mol. The van der Waals surface area contributed by atoms with Gasteiger partial charge in [-0.25, -0.2) is 0 Å². The molecule has 3 aliphatic rings. The van der Waals surface area contributed by atoms with Gasteiger partial charge < -0.3 is 9.64 Å². The first-order valence-electron chi connectivity index (χ1n) is 8.65. The van der Waals surface area contributed by atoms with Crippen molar-refractivity contribution in [1.29, 1.82) is 0 Å². The van der Waals surface area contributed by atoms with Crippen molar-refractivity contribution in [2.24, 2.45) is 0 Å². The topological polar surface area (TPSA) is 32.8 Å². The standard InChI is InChI=1S/C18H24N2O2S/c21-18(16-13-23-17-6-2-1-5-15(16)17)20-7-3-4-14(20)12-19-8-10-22-11-9-19/h1-2,5-6,14,16H,3-4,7-13H2/t14-,16-/m0/s1. The number of carbonyl (C=O) groups excluding carboxylic acids is 1. The Bertz CT molecular complexity index is 574. The van der Waals surface area contributed by atoms with Crippen molar-refractivity contribution in [2.45, 2.75) is 29.7 Å². The van der Waals surface area contributed by atoms with Crippen molar-refractivity contribution >= 4 is 17.7 Å². The zero-order valence-electron chi connectivity index (χ0n) is 13.4. The first-order valence-corrected chi connectivity index (χ1v) is 9.64. The SMILES string of the molecule is O=C([C@H]1CSc2ccccc21)N1CCC[C@H]1CN1CCOCC1. The third-order valence-corrected chi connectivity index (χ3v) is 6.41. The van der Waals surface area contributed by atoms with Gasteiger partial charge in [-0.1, -0.05) is 18.2 Å². The number of hydrogen-bond acceptors (Lipinski definition) is 4. The summed E-state index contributed by atoms with van der Waals surface area (Å²) >= 11 is 1.83. The van der Waals surface area contributed by atoms with Gasteiger partial charge in [-0.05, 0) is 24.5 Å². The number of nitrogens with zero attached hydrogens (tertiary/aromatic N) is 2. The van der Waals surface area contributed by atoms with Crippen LogP contribution in [0.4, 0.5) is 0 Å². The van der Waals surface area contributed by atoms with E-state index in [4.69, 9.17) is 4.74 Å². The molecule has 0 aliphatic carbocycles. The summed E-state index contributed by atoms with van der Waals surface area (Å²) in [5, 5.41) is 0. The largest absolute Gasteiger partial charge is 0.379 e. The number of likely N-dealkylation sites (tertiary alicyclic amines) is 1. The molecule has 124 valence electrons. The molecular formula is C18H24N2O2S. The van der Waals surface area contributed by atoms with E-state index in [2.05, 4.69) is 34.1 Å². The second-order valence-corrected chi connectivity index (χ2v) is 7.70. The van der Waals surface area contributed by atoms with Crippen LogP contribution >= 0.6 is 11.8 Å². The zero-order valence-corrected chi connectivity index (χ0v) is 14.3. The van der Waals surface area contributed by atoms with Gasteiger partial charge in [0.15, 0.2) is 0 Å². The van der Waals surface area contributed by atoms with Gasteiger partial charge in [0.2, 0.25) is 5.91 Å². The van der Waals surface area contributed by atoms with Crippen molar-refractivity contribution in [3.05, 3.63) is 29.8 Å². The summed E-state index contributed by atoms with van der Waals surface area (Å²) < 4.78 is 5.43. The lowest BCUT2D eigenvalue weighted by Gasteiger charge is -2.34. The molecule has 0 spiro atoms. The lowest BCUT2D eigenvalue weighted by Crippen LogP contribution is -2.47. The Morgan fingerprint density at radius 2 is 2.04 bits per heavy atom. The average Bonchev–Trinajstić information content (AvgIpc) is 3.22. The molecule has 5 heteroatoms. The van der Waals surface area contributed by atoms with Gasteiger partial charge in [0.1, 0.15) is 0 Å². The maximum Gasteiger partial charge on any atom is 0.231 e. The summed E-state index contributed by atoms with van der Waals surface area (Å²) in [6, 6.07) is 8.78. The first-order chi connectivity index (χ1) is 11.3. The van der Waals surface area contributed by atoms with Crippen LogP contribution in [0, 0.1) is 0 Å². The molecule has 4 rings (SSSR count). The summed E-state index contributed by atoms with van der Waals surface area (Å²) in [5.74, 6) is 1.30. The summed E-state index contributed by atoms with van der Waals surface area (Å²) in [6.07, 6.45) is 2.28. The molecule has 0 saturated carbocycles. The van der Waals surface area contributed by atoms with Gasteiger partial charge in [-0.15, -0.1) is 11.8 Å². The minimum Gasteiger partial charge on any atom is -0.379 e. The second kappa shape index (κ2) is 6.83. The van der Waals surface area contributed by atoms with E-state index in [9.17, 15) is 4.79 Å². The Morgan fingerprint density at radius 1 is 1.22 bits per heavy atom. The summed E-state index contributed by atoms with van der Waals surface area (Å²) in [5.41, 5.74) is 1.24. The van der Waals surface area contributed by atoms with Crippen molar-refractivity contribution in [2.75, 3.05) is 45.1 Å². The van der Waals surface area contributed by atoms with E-state index in [0.29, 0.717) is 11.9 Å². The van der Waals surface area contributed by atoms with Gasteiger partial charge >= 0.3 is 0 Å². The lowest BCUT2D eigenvalue weighted by atomic mass is 9.99. The Labute approximate surface area is 142 Å². The molecule has 1 amide bonds. The molecule has 3 heterocycles. The van der Waals surface area contributed by atoms with Crippen LogP contribution in [0.3, 0.4) is 0 Å². The van der Waals surface area contributed by atoms with Gasteiger partial charge in [0.25, 0.3) is 0 Å². The average molecular weight is 332 g/mol. The first kappa shape index (κ1) is 15.5. The molecule has 0 bridgehead atoms. The van der Waals surface area contributed by atoms with Gasteiger partial charge in [0.05, 0.1) is 19.1 Å². The minimum absolute atomic E-state index is 0.0569. The fourth-order valence-corrected chi connectivity index (χ4v) is 5.18. The second-order valence-electron chi connectivity index (χ2n) is 6.64. The molecule has 0 unspecified atom stereocenters. The molecule has 23 heavy (non-hydrogen) atoms. The molecular weight excluding hydrogens is 308 g/mol. The smallest absolute Gasteiger partial charge is 0.231 e. The van der Waals surface area contributed by atoms with Crippen LogP contribution in [-0.4, -0.2) is 66.9 Å². The van der Waals surface area contributed by atoms with Crippen molar-refractivity contribution in [1.82, 2.24) is 9.80 Å². The van der Waals surface area contributed by atoms with Gasteiger partial charge in [-0.2, -0.15) is 0 Å². The number of amides is 1. The van der Waals surface area contributed by atoms with E-state index in [1.165, 1.54) is 10.5 Å². The molecule has 0 N–H and O–H groups in total. The van der Waals surface area contributed by atoms with Crippen LogP contribution in [0.5, 0.6) is 0 Å². The third kappa shape index (κ3) is 3.14. The number of rotatable bonds is 3. The Morgan fingerprint density at radius 3 is 2.91 bits per heavy atom. The number of hydrogen-bond donors (Lipinski definition) is 0. The highest BCUT2D eigenvalue weighted by atomic mass is 32.2. The zero-order chi connectivity index (χ0) is 15.6. The summed E-state index contributed by atoms with van der Waals surface area (Å²) in [6.45, 7) is 5.59. The Kier molecular flexibility index (Phi) is 4.60. The van der Waals surface area contributed by atoms with Crippen LogP contribution < -0.4 is 0 Å². The molecule has 1 aromatic carbocycles. The highest BCUT2D eigenvalue weighted by Gasteiger charge is 2.37. The third-order valence-electron chi connectivity index (χ3n) is 5.23. The number of thioether (sulfide) groups is 1.